The maximum Gasteiger partial charge on any atom is 0.346 e. The van der Waals surface area contributed by atoms with Crippen molar-refractivity contribution in [3.8, 4) is 17.2 Å². The lowest BCUT2D eigenvalue weighted by Gasteiger charge is -2.24. The lowest BCUT2D eigenvalue weighted by Crippen LogP contribution is -2.13. The minimum Gasteiger partial charge on any atom is -0.491 e. The van der Waals surface area contributed by atoms with Crippen LogP contribution in [0.1, 0.15) is 60.5 Å². The van der Waals surface area contributed by atoms with E-state index in [0.29, 0.717) is 24.8 Å². The highest BCUT2D eigenvalue weighted by molar-refractivity contribution is 5.91. The number of benzene rings is 3. The molecule has 4 rings (SSSR count). The number of ether oxygens (including phenoxy) is 3. The number of carbonyl (C=O) groups is 1. The molecule has 38 heavy (non-hydrogen) atoms. The second-order valence-corrected chi connectivity index (χ2v) is 8.62. The number of hydrogen-bond donors (Lipinski definition) is 0. The molecule has 1 unspecified atom stereocenters. The third-order valence-electron chi connectivity index (χ3n) is 6.29. The van der Waals surface area contributed by atoms with Crippen LogP contribution in [-0.4, -0.2) is 19.2 Å². The van der Waals surface area contributed by atoms with Gasteiger partial charge in [-0.25, -0.2) is 18.0 Å². The van der Waals surface area contributed by atoms with Gasteiger partial charge < -0.3 is 14.2 Å². The summed E-state index contributed by atoms with van der Waals surface area (Å²) in [6, 6.07) is 8.78. The van der Waals surface area contributed by atoms with Crippen molar-refractivity contribution in [2.45, 2.75) is 39.0 Å². The highest BCUT2D eigenvalue weighted by Crippen LogP contribution is 2.39. The van der Waals surface area contributed by atoms with Gasteiger partial charge >= 0.3 is 5.97 Å². The highest BCUT2D eigenvalue weighted by Gasteiger charge is 2.25. The molecule has 4 nitrogen and oxygen atoms in total. The minimum absolute atomic E-state index is 0.111. The number of halogens is 5. The molecule has 0 saturated heterocycles. The van der Waals surface area contributed by atoms with Gasteiger partial charge in [0.25, 0.3) is 0 Å². The normalized spacial score (nSPS) is 15.1. The Bertz CT molecular complexity index is 1390. The summed E-state index contributed by atoms with van der Waals surface area (Å²) in [7, 11) is 0. The first-order valence-corrected chi connectivity index (χ1v) is 12.2. The van der Waals surface area contributed by atoms with Crippen molar-refractivity contribution in [3.63, 3.8) is 0 Å². The first-order chi connectivity index (χ1) is 18.2. The molecule has 0 aliphatic heterocycles. The summed E-state index contributed by atoms with van der Waals surface area (Å²) in [6.07, 6.45) is 3.02. The van der Waals surface area contributed by atoms with Crippen molar-refractivity contribution in [1.82, 2.24) is 0 Å². The van der Waals surface area contributed by atoms with Gasteiger partial charge in [0.2, 0.25) is 11.6 Å². The van der Waals surface area contributed by atoms with E-state index in [-0.39, 0.29) is 47.5 Å². The zero-order chi connectivity index (χ0) is 27.4. The Morgan fingerprint density at radius 1 is 0.842 bits per heavy atom. The molecule has 0 heterocycles. The van der Waals surface area contributed by atoms with Crippen LogP contribution in [0, 0.1) is 29.1 Å². The van der Waals surface area contributed by atoms with Crippen molar-refractivity contribution in [1.29, 1.82) is 0 Å². The summed E-state index contributed by atoms with van der Waals surface area (Å²) in [6.45, 7) is 3.60. The molecule has 0 fully saturated rings. The van der Waals surface area contributed by atoms with E-state index in [9.17, 15) is 26.7 Å². The molecule has 200 valence electrons. The van der Waals surface area contributed by atoms with E-state index in [4.69, 9.17) is 14.2 Å². The van der Waals surface area contributed by atoms with Crippen LogP contribution in [0.2, 0.25) is 0 Å². The van der Waals surface area contributed by atoms with Gasteiger partial charge in [-0.05, 0) is 80.5 Å². The van der Waals surface area contributed by atoms with Crippen LogP contribution in [0.25, 0.3) is 5.57 Å². The fraction of sp³-hybridized carbons (Fsp3) is 0.276. The van der Waals surface area contributed by atoms with Crippen LogP contribution in [-0.2, 0) is 0 Å². The van der Waals surface area contributed by atoms with Gasteiger partial charge in [0.1, 0.15) is 11.6 Å². The summed E-state index contributed by atoms with van der Waals surface area (Å²) < 4.78 is 87.3. The third kappa shape index (κ3) is 5.51. The van der Waals surface area contributed by atoms with Crippen LogP contribution >= 0.6 is 0 Å². The third-order valence-corrected chi connectivity index (χ3v) is 6.29. The summed E-state index contributed by atoms with van der Waals surface area (Å²) in [4.78, 5) is 12.4. The molecule has 3 aromatic carbocycles. The lowest BCUT2D eigenvalue weighted by atomic mass is 9.82. The Hall–Kier alpha value is -3.88. The monoisotopic (exact) mass is 532 g/mol. The zero-order valence-electron chi connectivity index (χ0n) is 20.8. The molecule has 0 radical (unpaired) electrons. The second-order valence-electron chi connectivity index (χ2n) is 8.62. The Labute approximate surface area is 216 Å². The van der Waals surface area contributed by atoms with Gasteiger partial charge in [-0.3, -0.25) is 0 Å². The molecule has 0 bridgehead atoms. The van der Waals surface area contributed by atoms with Crippen molar-refractivity contribution < 1.29 is 41.0 Å². The smallest absolute Gasteiger partial charge is 0.346 e. The molecule has 0 aromatic heterocycles. The number of hydrogen-bond acceptors (Lipinski definition) is 4. The summed E-state index contributed by atoms with van der Waals surface area (Å²) >= 11 is 0. The van der Waals surface area contributed by atoms with E-state index in [2.05, 4.69) is 0 Å². The number of rotatable bonds is 8. The molecule has 1 atom stereocenters. The predicted molar refractivity (Wildman–Crippen MR) is 131 cm³/mol. The summed E-state index contributed by atoms with van der Waals surface area (Å²) in [5, 5.41) is 0. The molecule has 0 N–H and O–H groups in total. The molecule has 1 aliphatic carbocycles. The molecule has 9 heteroatoms. The minimum atomic E-state index is -1.43. The van der Waals surface area contributed by atoms with Crippen molar-refractivity contribution in [2.24, 2.45) is 0 Å². The average molecular weight is 533 g/mol. The molecule has 3 aromatic rings. The molecule has 0 spiro atoms. The molecule has 0 amide bonds. The van der Waals surface area contributed by atoms with Crippen molar-refractivity contribution in [2.75, 3.05) is 13.2 Å². The first-order valence-electron chi connectivity index (χ1n) is 12.2. The lowest BCUT2D eigenvalue weighted by molar-refractivity contribution is 0.0728. The van der Waals surface area contributed by atoms with Crippen molar-refractivity contribution in [3.05, 3.63) is 94.3 Å². The number of carbonyl (C=O) groups excluding carboxylic acids is 1. The second kappa shape index (κ2) is 11.7. The van der Waals surface area contributed by atoms with Crippen LogP contribution in [0.3, 0.4) is 0 Å². The fourth-order valence-corrected chi connectivity index (χ4v) is 4.43. The van der Waals surface area contributed by atoms with Gasteiger partial charge in [-0.15, -0.1) is 0 Å². The average Bonchev–Trinajstić information content (AvgIpc) is 2.90. The van der Waals surface area contributed by atoms with Gasteiger partial charge in [0.05, 0.1) is 18.8 Å². The fourth-order valence-electron chi connectivity index (χ4n) is 4.43. The molecule has 0 saturated carbocycles. The van der Waals surface area contributed by atoms with E-state index in [1.165, 1.54) is 24.3 Å². The van der Waals surface area contributed by atoms with Crippen molar-refractivity contribution >= 4 is 11.5 Å². The van der Waals surface area contributed by atoms with E-state index >= 15 is 0 Å². The topological polar surface area (TPSA) is 44.8 Å². The van der Waals surface area contributed by atoms with Crippen LogP contribution in [0.5, 0.6) is 17.2 Å². The van der Waals surface area contributed by atoms with Crippen LogP contribution in [0.4, 0.5) is 22.0 Å². The predicted octanol–water partition coefficient (Wildman–Crippen LogP) is 7.75. The van der Waals surface area contributed by atoms with Gasteiger partial charge in [-0.2, -0.15) is 8.78 Å². The van der Waals surface area contributed by atoms with E-state index < -0.39 is 40.6 Å². The number of allylic oxidation sites excluding steroid dienone is 2. The van der Waals surface area contributed by atoms with E-state index in [0.717, 1.165) is 18.2 Å². The first kappa shape index (κ1) is 27.2. The SMILES string of the molecule is CCOc1ccc(C(=O)Oc2ccc(C3=CCC(c4ccc(OCC)c(F)c4F)CC3)c(F)c2)c(F)c1F. The van der Waals surface area contributed by atoms with Gasteiger partial charge in [-0.1, -0.05) is 12.1 Å². The molecular formula is C29H25F5O4. The summed E-state index contributed by atoms with van der Waals surface area (Å²) in [5.74, 6) is -7.54. The van der Waals surface area contributed by atoms with E-state index in [1.54, 1.807) is 19.9 Å². The highest BCUT2D eigenvalue weighted by atomic mass is 19.2. The standard InChI is InChI=1S/C29H25F5O4/c1-3-36-23-13-11-20(25(31)27(23)33)17-7-5-16(6-8-17)19-10-9-18(15-22(19)30)38-29(35)21-12-14-24(37-4-2)28(34)26(21)32/h5,9-15,17H,3-4,6-8H2,1-2H3. The maximum absolute atomic E-state index is 14.9. The zero-order valence-corrected chi connectivity index (χ0v) is 20.8. The largest absolute Gasteiger partial charge is 0.491 e. The Balaban J connectivity index is 1.46. The summed E-state index contributed by atoms with van der Waals surface area (Å²) in [5.41, 5.74) is 0.513. The van der Waals surface area contributed by atoms with E-state index in [1.807, 2.05) is 0 Å². The molecular weight excluding hydrogens is 507 g/mol. The molecule has 1 aliphatic rings. The van der Waals surface area contributed by atoms with Crippen LogP contribution in [0.15, 0.2) is 48.5 Å². The Kier molecular flexibility index (Phi) is 8.34. The van der Waals surface area contributed by atoms with Crippen LogP contribution < -0.4 is 14.2 Å². The maximum atomic E-state index is 14.9. The van der Waals surface area contributed by atoms with Gasteiger partial charge in [0, 0.05) is 11.6 Å². The van der Waals surface area contributed by atoms with Gasteiger partial charge in [0.15, 0.2) is 23.1 Å². The Morgan fingerprint density at radius 3 is 2.11 bits per heavy atom. The Morgan fingerprint density at radius 2 is 1.50 bits per heavy atom. The quantitative estimate of drug-likeness (QED) is 0.169. The number of esters is 1.